The predicted molar refractivity (Wildman–Crippen MR) is 97.5 cm³/mol. The molecule has 0 bridgehead atoms. The standard InChI is InChI=1S/C21H19F2NO2/c1-25-21-12-16(13-24-19-9-7-18(23)8-10-19)4-11-20(21)26-14-15-2-5-17(22)6-3-15/h2-12,24H,13-14H2,1H3. The van der Waals surface area contributed by atoms with Crippen molar-refractivity contribution in [1.82, 2.24) is 0 Å². The monoisotopic (exact) mass is 355 g/mol. The van der Waals surface area contributed by atoms with Crippen LogP contribution in [0.5, 0.6) is 11.5 Å². The topological polar surface area (TPSA) is 30.5 Å². The van der Waals surface area contributed by atoms with Crippen LogP contribution in [0.1, 0.15) is 11.1 Å². The van der Waals surface area contributed by atoms with Gasteiger partial charge in [0.05, 0.1) is 7.11 Å². The van der Waals surface area contributed by atoms with Crippen LogP contribution in [0.25, 0.3) is 0 Å². The van der Waals surface area contributed by atoms with E-state index in [0.29, 0.717) is 24.7 Å². The molecule has 134 valence electrons. The highest BCUT2D eigenvalue weighted by atomic mass is 19.1. The molecule has 26 heavy (non-hydrogen) atoms. The summed E-state index contributed by atoms with van der Waals surface area (Å²) in [7, 11) is 1.58. The normalized spacial score (nSPS) is 10.4. The highest BCUT2D eigenvalue weighted by molar-refractivity contribution is 5.46. The van der Waals surface area contributed by atoms with Gasteiger partial charge in [0.25, 0.3) is 0 Å². The summed E-state index contributed by atoms with van der Waals surface area (Å²) < 4.78 is 37.0. The van der Waals surface area contributed by atoms with Crippen LogP contribution in [0.4, 0.5) is 14.5 Å². The van der Waals surface area contributed by atoms with E-state index >= 15 is 0 Å². The number of benzene rings is 3. The average Bonchev–Trinajstić information content (AvgIpc) is 2.67. The Morgan fingerprint density at radius 1 is 0.769 bits per heavy atom. The fourth-order valence-corrected chi connectivity index (χ4v) is 2.45. The molecule has 3 rings (SSSR count). The summed E-state index contributed by atoms with van der Waals surface area (Å²) >= 11 is 0. The Morgan fingerprint density at radius 2 is 1.38 bits per heavy atom. The van der Waals surface area contributed by atoms with E-state index < -0.39 is 0 Å². The Balaban J connectivity index is 1.63. The minimum absolute atomic E-state index is 0.264. The molecule has 0 aliphatic carbocycles. The quantitative estimate of drug-likeness (QED) is 0.635. The van der Waals surface area contributed by atoms with Crippen molar-refractivity contribution < 1.29 is 18.3 Å². The lowest BCUT2D eigenvalue weighted by molar-refractivity contribution is 0.284. The largest absolute Gasteiger partial charge is 0.493 e. The van der Waals surface area contributed by atoms with Gasteiger partial charge in [0.2, 0.25) is 0 Å². The summed E-state index contributed by atoms with van der Waals surface area (Å²) in [4.78, 5) is 0. The van der Waals surface area contributed by atoms with Gasteiger partial charge in [0.15, 0.2) is 11.5 Å². The van der Waals surface area contributed by atoms with E-state index in [0.717, 1.165) is 16.8 Å². The molecule has 0 atom stereocenters. The number of hydrogen-bond donors (Lipinski definition) is 1. The second-order valence-corrected chi connectivity index (χ2v) is 5.76. The molecule has 5 heteroatoms. The summed E-state index contributed by atoms with van der Waals surface area (Å²) in [6.07, 6.45) is 0. The summed E-state index contributed by atoms with van der Waals surface area (Å²) in [5, 5.41) is 3.22. The SMILES string of the molecule is COc1cc(CNc2ccc(F)cc2)ccc1OCc1ccc(F)cc1. The van der Waals surface area contributed by atoms with E-state index in [2.05, 4.69) is 5.32 Å². The van der Waals surface area contributed by atoms with Crippen LogP contribution in [-0.2, 0) is 13.2 Å². The maximum atomic E-state index is 12.9. The molecule has 0 heterocycles. The van der Waals surface area contributed by atoms with Crippen LogP contribution >= 0.6 is 0 Å². The molecule has 0 spiro atoms. The fourth-order valence-electron chi connectivity index (χ4n) is 2.45. The van der Waals surface area contributed by atoms with Gasteiger partial charge in [-0.25, -0.2) is 8.78 Å². The van der Waals surface area contributed by atoms with Crippen molar-refractivity contribution in [2.45, 2.75) is 13.2 Å². The van der Waals surface area contributed by atoms with Gasteiger partial charge in [0.1, 0.15) is 18.2 Å². The number of hydrogen-bond acceptors (Lipinski definition) is 3. The lowest BCUT2D eigenvalue weighted by Gasteiger charge is -2.13. The van der Waals surface area contributed by atoms with E-state index in [1.165, 1.54) is 24.3 Å². The van der Waals surface area contributed by atoms with Crippen molar-refractivity contribution in [1.29, 1.82) is 0 Å². The lowest BCUT2D eigenvalue weighted by Crippen LogP contribution is -2.02. The first-order chi connectivity index (χ1) is 12.6. The van der Waals surface area contributed by atoms with Crippen molar-refractivity contribution in [3.05, 3.63) is 89.5 Å². The number of ether oxygens (including phenoxy) is 2. The van der Waals surface area contributed by atoms with Crippen molar-refractivity contribution in [3.63, 3.8) is 0 Å². The minimum atomic E-state index is -0.274. The smallest absolute Gasteiger partial charge is 0.161 e. The van der Waals surface area contributed by atoms with Gasteiger partial charge in [-0.2, -0.15) is 0 Å². The van der Waals surface area contributed by atoms with E-state index in [1.54, 1.807) is 31.4 Å². The Kier molecular flexibility index (Phi) is 5.69. The molecule has 0 aromatic heterocycles. The zero-order chi connectivity index (χ0) is 18.4. The van der Waals surface area contributed by atoms with E-state index in [-0.39, 0.29) is 11.6 Å². The van der Waals surface area contributed by atoms with Gasteiger partial charge in [-0.05, 0) is 59.7 Å². The van der Waals surface area contributed by atoms with Crippen LogP contribution in [-0.4, -0.2) is 7.11 Å². The van der Waals surface area contributed by atoms with Crippen LogP contribution in [0.3, 0.4) is 0 Å². The van der Waals surface area contributed by atoms with Crippen molar-refractivity contribution >= 4 is 5.69 Å². The van der Waals surface area contributed by atoms with E-state index in [4.69, 9.17) is 9.47 Å². The minimum Gasteiger partial charge on any atom is -0.493 e. The number of anilines is 1. The fraction of sp³-hybridized carbons (Fsp3) is 0.143. The first-order valence-electron chi connectivity index (χ1n) is 8.17. The number of methoxy groups -OCH3 is 1. The Hall–Kier alpha value is -3.08. The number of nitrogens with one attached hydrogen (secondary N) is 1. The zero-order valence-electron chi connectivity index (χ0n) is 14.3. The van der Waals surface area contributed by atoms with Crippen LogP contribution in [0, 0.1) is 11.6 Å². The first kappa shape index (κ1) is 17.7. The van der Waals surface area contributed by atoms with Gasteiger partial charge in [0, 0.05) is 12.2 Å². The molecule has 3 aromatic carbocycles. The number of rotatable bonds is 7. The second kappa shape index (κ2) is 8.34. The van der Waals surface area contributed by atoms with Crippen LogP contribution in [0.15, 0.2) is 66.7 Å². The molecule has 0 saturated heterocycles. The zero-order valence-corrected chi connectivity index (χ0v) is 14.3. The van der Waals surface area contributed by atoms with E-state index in [9.17, 15) is 8.78 Å². The lowest BCUT2D eigenvalue weighted by atomic mass is 10.2. The molecule has 1 N–H and O–H groups in total. The Labute approximate surface area is 151 Å². The molecule has 0 unspecified atom stereocenters. The van der Waals surface area contributed by atoms with Gasteiger partial charge < -0.3 is 14.8 Å². The molecule has 0 aliphatic heterocycles. The molecule has 0 radical (unpaired) electrons. The average molecular weight is 355 g/mol. The van der Waals surface area contributed by atoms with Gasteiger partial charge in [-0.3, -0.25) is 0 Å². The maximum Gasteiger partial charge on any atom is 0.161 e. The molecule has 0 aliphatic rings. The third-order valence-electron chi connectivity index (χ3n) is 3.88. The molecular weight excluding hydrogens is 336 g/mol. The van der Waals surface area contributed by atoms with E-state index in [1.807, 2.05) is 18.2 Å². The molecule has 0 saturated carbocycles. The Bertz CT molecular complexity index is 849. The summed E-state index contributed by atoms with van der Waals surface area (Å²) in [6, 6.07) is 18.0. The van der Waals surface area contributed by atoms with Crippen molar-refractivity contribution in [3.8, 4) is 11.5 Å². The highest BCUT2D eigenvalue weighted by Crippen LogP contribution is 2.29. The second-order valence-electron chi connectivity index (χ2n) is 5.76. The first-order valence-corrected chi connectivity index (χ1v) is 8.17. The third-order valence-corrected chi connectivity index (χ3v) is 3.88. The molecule has 0 fully saturated rings. The van der Waals surface area contributed by atoms with Crippen LogP contribution < -0.4 is 14.8 Å². The molecule has 3 aromatic rings. The maximum absolute atomic E-state index is 12.9. The highest BCUT2D eigenvalue weighted by Gasteiger charge is 2.07. The van der Waals surface area contributed by atoms with Gasteiger partial charge >= 0.3 is 0 Å². The molecule has 3 nitrogen and oxygen atoms in total. The van der Waals surface area contributed by atoms with Crippen molar-refractivity contribution in [2.24, 2.45) is 0 Å². The molecular formula is C21H19F2NO2. The third kappa shape index (κ3) is 4.72. The summed E-state index contributed by atoms with van der Waals surface area (Å²) in [5.74, 6) is 0.692. The molecule has 0 amide bonds. The van der Waals surface area contributed by atoms with Crippen molar-refractivity contribution in [2.75, 3.05) is 12.4 Å². The van der Waals surface area contributed by atoms with Crippen LogP contribution in [0.2, 0.25) is 0 Å². The Morgan fingerprint density at radius 3 is 2.04 bits per heavy atom. The number of halogens is 2. The summed E-state index contributed by atoms with van der Waals surface area (Å²) in [6.45, 7) is 0.893. The summed E-state index contributed by atoms with van der Waals surface area (Å²) in [5.41, 5.74) is 2.71. The van der Waals surface area contributed by atoms with Gasteiger partial charge in [-0.1, -0.05) is 18.2 Å². The predicted octanol–water partition coefficient (Wildman–Crippen LogP) is 5.16. The van der Waals surface area contributed by atoms with Gasteiger partial charge in [-0.15, -0.1) is 0 Å².